The van der Waals surface area contributed by atoms with Crippen molar-refractivity contribution >= 4 is 17.6 Å². The molecular weight excluding hydrogens is 435 g/mol. The summed E-state index contributed by atoms with van der Waals surface area (Å²) in [5, 5.41) is 20.9. The molecule has 2 aliphatic carbocycles. The molecule has 2 amide bonds. The summed E-state index contributed by atoms with van der Waals surface area (Å²) in [5.41, 5.74) is 3.12. The normalized spacial score (nSPS) is 15.9. The van der Waals surface area contributed by atoms with Gasteiger partial charge in [0.15, 0.2) is 0 Å². The Bertz CT molecular complexity index is 1210. The number of anilines is 1. The molecular formula is C26H27FN4O3. The molecule has 0 radical (unpaired) electrons. The number of hydrogen-bond donors (Lipinski definition) is 3. The number of halogens is 1. The monoisotopic (exact) mass is 462 g/mol. The Morgan fingerprint density at radius 1 is 1.03 bits per heavy atom. The van der Waals surface area contributed by atoms with Crippen LogP contribution in [0.5, 0.6) is 5.75 Å². The molecule has 2 fully saturated rings. The van der Waals surface area contributed by atoms with E-state index in [-0.39, 0.29) is 41.9 Å². The van der Waals surface area contributed by atoms with Crippen molar-refractivity contribution in [1.29, 1.82) is 0 Å². The largest absolute Gasteiger partial charge is 0.507 e. The Hall–Kier alpha value is -3.68. The molecule has 2 aliphatic rings. The number of phenols is 1. The van der Waals surface area contributed by atoms with Crippen LogP contribution < -0.4 is 10.6 Å². The van der Waals surface area contributed by atoms with E-state index in [1.165, 1.54) is 22.9 Å². The average Bonchev–Trinajstić information content (AvgIpc) is 3.36. The lowest BCUT2D eigenvalue weighted by Crippen LogP contribution is -2.30. The van der Waals surface area contributed by atoms with Crippen molar-refractivity contribution in [1.82, 2.24) is 15.1 Å². The van der Waals surface area contributed by atoms with Crippen molar-refractivity contribution in [3.8, 4) is 17.0 Å². The maximum absolute atomic E-state index is 13.2. The Kier molecular flexibility index (Phi) is 6.04. The standard InChI is InChI=1S/C26H27FN4O3/c27-19-9-5-16(6-10-19)15-28-26(34)31-23(17-3-1-2-4-17)14-22(30-31)21-12-11-20(13-24(21)32)29-25(33)18-7-8-18/h5-6,9-14,17-18,32H,1-4,7-8,15H2,(H,28,34)(H,29,33). The summed E-state index contributed by atoms with van der Waals surface area (Å²) in [5.74, 6) is -0.0778. The fourth-order valence-corrected chi connectivity index (χ4v) is 4.47. The molecule has 34 heavy (non-hydrogen) atoms. The summed E-state index contributed by atoms with van der Waals surface area (Å²) in [7, 11) is 0. The van der Waals surface area contributed by atoms with Crippen LogP contribution in [0.1, 0.15) is 55.7 Å². The van der Waals surface area contributed by atoms with Gasteiger partial charge in [0.1, 0.15) is 11.6 Å². The molecule has 0 unspecified atom stereocenters. The molecule has 0 saturated heterocycles. The van der Waals surface area contributed by atoms with Gasteiger partial charge in [0.25, 0.3) is 0 Å². The lowest BCUT2D eigenvalue weighted by molar-refractivity contribution is -0.117. The number of nitrogens with one attached hydrogen (secondary N) is 2. The number of phenolic OH excluding ortho intramolecular Hbond substituents is 1. The SMILES string of the molecule is O=C(Nc1ccc(-c2cc(C3CCCC3)n(C(=O)NCc3ccc(F)cc3)n2)c(O)c1)C1CC1. The van der Waals surface area contributed by atoms with Gasteiger partial charge in [-0.1, -0.05) is 25.0 Å². The number of aromatic hydroxyl groups is 1. The molecule has 3 N–H and O–H groups in total. The number of rotatable bonds is 6. The first-order valence-electron chi connectivity index (χ1n) is 11.7. The van der Waals surface area contributed by atoms with E-state index in [2.05, 4.69) is 15.7 Å². The molecule has 1 aromatic heterocycles. The molecule has 5 rings (SSSR count). The molecule has 1 heterocycles. The van der Waals surface area contributed by atoms with Crippen LogP contribution in [0.2, 0.25) is 0 Å². The summed E-state index contributed by atoms with van der Waals surface area (Å²) in [6, 6.07) is 12.4. The number of aromatic nitrogens is 2. The highest BCUT2D eigenvalue weighted by Crippen LogP contribution is 2.38. The highest BCUT2D eigenvalue weighted by Gasteiger charge is 2.30. The van der Waals surface area contributed by atoms with Crippen molar-refractivity contribution in [2.75, 3.05) is 5.32 Å². The van der Waals surface area contributed by atoms with Crippen molar-refractivity contribution in [2.24, 2.45) is 5.92 Å². The quantitative estimate of drug-likeness (QED) is 0.472. The number of nitrogens with zero attached hydrogens (tertiary/aromatic N) is 2. The van der Waals surface area contributed by atoms with Crippen LogP contribution in [0.25, 0.3) is 11.3 Å². The van der Waals surface area contributed by atoms with Crippen LogP contribution in [0, 0.1) is 11.7 Å². The number of amides is 2. The molecule has 3 aromatic rings. The van der Waals surface area contributed by atoms with Crippen LogP contribution in [0.3, 0.4) is 0 Å². The Morgan fingerprint density at radius 3 is 2.44 bits per heavy atom. The second-order valence-corrected chi connectivity index (χ2v) is 9.13. The topological polar surface area (TPSA) is 96.3 Å². The van der Waals surface area contributed by atoms with Crippen molar-refractivity contribution < 1.29 is 19.1 Å². The first kappa shape index (κ1) is 22.1. The van der Waals surface area contributed by atoms with Gasteiger partial charge in [-0.05, 0) is 61.6 Å². The minimum atomic E-state index is -0.370. The van der Waals surface area contributed by atoms with E-state index in [0.717, 1.165) is 49.8 Å². The molecule has 0 bridgehead atoms. The fraction of sp³-hybridized carbons (Fsp3) is 0.346. The zero-order valence-corrected chi connectivity index (χ0v) is 18.8. The second-order valence-electron chi connectivity index (χ2n) is 9.13. The number of benzene rings is 2. The third-order valence-electron chi connectivity index (χ3n) is 6.55. The summed E-state index contributed by atoms with van der Waals surface area (Å²) in [6.07, 6.45) is 5.97. The molecule has 0 spiro atoms. The molecule has 2 aromatic carbocycles. The second kappa shape index (κ2) is 9.29. The minimum absolute atomic E-state index is 0.0112. The van der Waals surface area contributed by atoms with E-state index in [1.54, 1.807) is 24.3 Å². The summed E-state index contributed by atoms with van der Waals surface area (Å²) >= 11 is 0. The number of hydrogen-bond acceptors (Lipinski definition) is 4. The van der Waals surface area contributed by atoms with Gasteiger partial charge in [0, 0.05) is 35.7 Å². The molecule has 7 nitrogen and oxygen atoms in total. The van der Waals surface area contributed by atoms with Gasteiger partial charge in [-0.2, -0.15) is 9.78 Å². The fourth-order valence-electron chi connectivity index (χ4n) is 4.47. The zero-order valence-electron chi connectivity index (χ0n) is 18.8. The predicted octanol–water partition coefficient (Wildman–Crippen LogP) is 5.16. The first-order chi connectivity index (χ1) is 16.5. The maximum Gasteiger partial charge on any atom is 0.342 e. The lowest BCUT2D eigenvalue weighted by atomic mass is 10.0. The van der Waals surface area contributed by atoms with Crippen molar-refractivity contribution in [3.63, 3.8) is 0 Å². The van der Waals surface area contributed by atoms with Crippen LogP contribution in [-0.2, 0) is 11.3 Å². The van der Waals surface area contributed by atoms with Gasteiger partial charge in [0.2, 0.25) is 5.91 Å². The van der Waals surface area contributed by atoms with E-state index in [0.29, 0.717) is 16.9 Å². The van der Waals surface area contributed by atoms with Gasteiger partial charge in [-0.15, -0.1) is 0 Å². The van der Waals surface area contributed by atoms with Gasteiger partial charge < -0.3 is 15.7 Å². The lowest BCUT2D eigenvalue weighted by Gasteiger charge is -2.12. The van der Waals surface area contributed by atoms with Crippen molar-refractivity contribution in [3.05, 3.63) is 65.6 Å². The zero-order chi connectivity index (χ0) is 23.7. The molecule has 8 heteroatoms. The van der Waals surface area contributed by atoms with Crippen LogP contribution in [-0.4, -0.2) is 26.8 Å². The van der Waals surface area contributed by atoms with E-state index >= 15 is 0 Å². The minimum Gasteiger partial charge on any atom is -0.507 e. The highest BCUT2D eigenvalue weighted by atomic mass is 19.1. The highest BCUT2D eigenvalue weighted by molar-refractivity contribution is 5.94. The van der Waals surface area contributed by atoms with Gasteiger partial charge in [0.05, 0.1) is 11.4 Å². The molecule has 2 saturated carbocycles. The predicted molar refractivity (Wildman–Crippen MR) is 126 cm³/mol. The van der Waals surface area contributed by atoms with E-state index < -0.39 is 0 Å². The van der Waals surface area contributed by atoms with E-state index in [9.17, 15) is 19.1 Å². The van der Waals surface area contributed by atoms with Gasteiger partial charge in [-0.25, -0.2) is 9.18 Å². The Morgan fingerprint density at radius 2 is 1.76 bits per heavy atom. The molecule has 176 valence electrons. The number of carbonyl (C=O) groups excluding carboxylic acids is 2. The maximum atomic E-state index is 13.2. The van der Waals surface area contributed by atoms with Crippen LogP contribution >= 0.6 is 0 Å². The van der Waals surface area contributed by atoms with Crippen molar-refractivity contribution in [2.45, 2.75) is 51.0 Å². The Balaban J connectivity index is 1.38. The first-order valence-corrected chi connectivity index (χ1v) is 11.7. The smallest absolute Gasteiger partial charge is 0.342 e. The summed E-state index contributed by atoms with van der Waals surface area (Å²) in [4.78, 5) is 25.1. The third kappa shape index (κ3) is 4.81. The van der Waals surface area contributed by atoms with E-state index in [1.807, 2.05) is 6.07 Å². The van der Waals surface area contributed by atoms with Crippen LogP contribution in [0.4, 0.5) is 14.9 Å². The van der Waals surface area contributed by atoms with Gasteiger partial charge in [-0.3, -0.25) is 4.79 Å². The Labute approximate surface area is 197 Å². The molecule has 0 atom stereocenters. The average molecular weight is 463 g/mol. The third-order valence-corrected chi connectivity index (χ3v) is 6.55. The summed E-state index contributed by atoms with van der Waals surface area (Å²) in [6.45, 7) is 0.249. The molecule has 0 aliphatic heterocycles. The summed E-state index contributed by atoms with van der Waals surface area (Å²) < 4.78 is 14.5. The van der Waals surface area contributed by atoms with Crippen LogP contribution in [0.15, 0.2) is 48.5 Å². The number of carbonyl (C=O) groups is 2. The van der Waals surface area contributed by atoms with E-state index in [4.69, 9.17) is 0 Å². The van der Waals surface area contributed by atoms with Gasteiger partial charge >= 0.3 is 6.03 Å².